The maximum absolute atomic E-state index is 12.8. The second-order valence-corrected chi connectivity index (χ2v) is 10.3. The first-order chi connectivity index (χ1) is 13.7. The van der Waals surface area contributed by atoms with Crippen LogP contribution in [0.25, 0.3) is 10.3 Å². The Bertz CT molecular complexity index is 1160. The molecule has 2 atom stereocenters. The number of hydrogen-bond donors (Lipinski definition) is 1. The van der Waals surface area contributed by atoms with E-state index in [-0.39, 0.29) is 28.8 Å². The van der Waals surface area contributed by atoms with E-state index in [1.54, 1.807) is 10.6 Å². The summed E-state index contributed by atoms with van der Waals surface area (Å²) < 4.78 is 4.07. The van der Waals surface area contributed by atoms with Crippen molar-refractivity contribution in [3.63, 3.8) is 0 Å². The van der Waals surface area contributed by atoms with Gasteiger partial charge in [-0.2, -0.15) is 5.10 Å². The van der Waals surface area contributed by atoms with E-state index in [2.05, 4.69) is 42.9 Å². The summed E-state index contributed by atoms with van der Waals surface area (Å²) in [4.78, 5) is 29.6. The lowest BCUT2D eigenvalue weighted by atomic mass is 9.70. The zero-order valence-corrected chi connectivity index (χ0v) is 18.5. The van der Waals surface area contributed by atoms with Gasteiger partial charge in [0.2, 0.25) is 0 Å². The van der Waals surface area contributed by atoms with Crippen molar-refractivity contribution in [1.29, 1.82) is 0 Å². The lowest BCUT2D eigenvalue weighted by Gasteiger charge is -2.34. The molecule has 0 saturated heterocycles. The van der Waals surface area contributed by atoms with Gasteiger partial charge in [-0.25, -0.2) is 10.4 Å². The fraction of sp³-hybridized carbons (Fsp3) is 0.550. The molecule has 1 amide bonds. The van der Waals surface area contributed by atoms with Crippen LogP contribution in [0.1, 0.15) is 40.0 Å². The average Bonchev–Trinajstić information content (AvgIpc) is 3.17. The van der Waals surface area contributed by atoms with Crippen molar-refractivity contribution >= 4 is 45.5 Å². The van der Waals surface area contributed by atoms with Gasteiger partial charge in [0.1, 0.15) is 17.6 Å². The molecule has 2 heterocycles. The van der Waals surface area contributed by atoms with Gasteiger partial charge >= 0.3 is 0 Å². The van der Waals surface area contributed by atoms with E-state index in [4.69, 9.17) is 12.2 Å². The standard InChI is InChI=1S/C20H25N5O2S2/c1-5-8-25-16-15(29-18(25)28)17(27)24(11-21-16)10-14(26)23-22-13-9-12-6-7-20(13,4)19(12,2)3/h5,11-12H,1,6-10H2,2-4H3,(H,23,26)/b22-13-. The molecule has 2 aliphatic carbocycles. The Labute approximate surface area is 178 Å². The molecule has 2 fully saturated rings. The number of nitrogens with one attached hydrogen (secondary N) is 1. The second kappa shape index (κ2) is 6.98. The molecule has 0 aliphatic heterocycles. The van der Waals surface area contributed by atoms with Crippen molar-refractivity contribution in [2.45, 2.75) is 53.1 Å². The van der Waals surface area contributed by atoms with Gasteiger partial charge < -0.3 is 4.57 Å². The Morgan fingerprint density at radius 3 is 2.90 bits per heavy atom. The predicted molar refractivity (Wildman–Crippen MR) is 118 cm³/mol. The van der Waals surface area contributed by atoms with E-state index < -0.39 is 0 Å². The van der Waals surface area contributed by atoms with Crippen LogP contribution in [0.15, 0.2) is 28.9 Å². The molecule has 0 radical (unpaired) electrons. The van der Waals surface area contributed by atoms with Gasteiger partial charge in [-0.05, 0) is 42.8 Å². The molecule has 2 aliphatic rings. The van der Waals surface area contributed by atoms with Crippen molar-refractivity contribution < 1.29 is 4.79 Å². The maximum atomic E-state index is 12.8. The van der Waals surface area contributed by atoms with E-state index in [0.29, 0.717) is 26.8 Å². The molecule has 2 bridgehead atoms. The number of fused-ring (bicyclic) bond motifs is 3. The summed E-state index contributed by atoms with van der Waals surface area (Å²) in [7, 11) is 0. The summed E-state index contributed by atoms with van der Waals surface area (Å²) in [6, 6.07) is 0. The van der Waals surface area contributed by atoms with Gasteiger partial charge in [0.05, 0.1) is 0 Å². The first-order valence-corrected chi connectivity index (χ1v) is 11.0. The SMILES string of the molecule is C=CCn1c(=S)sc2c(=O)n(CC(=O)N/N=C3/CC4CCC3(C)C4(C)C)cnc21. The summed E-state index contributed by atoms with van der Waals surface area (Å²) in [6.07, 6.45) is 6.35. The minimum atomic E-state index is -0.334. The fourth-order valence-electron chi connectivity index (χ4n) is 4.79. The molecule has 9 heteroatoms. The van der Waals surface area contributed by atoms with Crippen molar-refractivity contribution in [2.75, 3.05) is 0 Å². The number of hydrazone groups is 1. The normalized spacial score (nSPS) is 26.3. The quantitative estimate of drug-likeness (QED) is 0.446. The zero-order chi connectivity index (χ0) is 21.0. The van der Waals surface area contributed by atoms with Crippen LogP contribution in [0.5, 0.6) is 0 Å². The molecule has 2 unspecified atom stereocenters. The van der Waals surface area contributed by atoms with Crippen molar-refractivity contribution in [2.24, 2.45) is 21.8 Å². The van der Waals surface area contributed by atoms with E-state index >= 15 is 0 Å². The highest BCUT2D eigenvalue weighted by molar-refractivity contribution is 7.73. The molecule has 4 rings (SSSR count). The highest BCUT2D eigenvalue weighted by Crippen LogP contribution is 2.63. The highest BCUT2D eigenvalue weighted by atomic mass is 32.1. The van der Waals surface area contributed by atoms with Crippen LogP contribution in [-0.2, 0) is 17.9 Å². The minimum Gasteiger partial charge on any atom is -0.304 e. The lowest BCUT2D eigenvalue weighted by molar-refractivity contribution is -0.121. The zero-order valence-electron chi connectivity index (χ0n) is 16.9. The number of nitrogens with zero attached hydrogens (tertiary/aromatic N) is 4. The van der Waals surface area contributed by atoms with Gasteiger partial charge in [-0.15, -0.1) is 6.58 Å². The molecule has 2 aromatic rings. The fourth-order valence-corrected chi connectivity index (χ4v) is 6.11. The molecule has 0 aromatic carbocycles. The van der Waals surface area contributed by atoms with Crippen LogP contribution in [0.3, 0.4) is 0 Å². The number of amides is 1. The number of aromatic nitrogens is 3. The van der Waals surface area contributed by atoms with Crippen LogP contribution in [0.4, 0.5) is 0 Å². The van der Waals surface area contributed by atoms with Gasteiger partial charge in [0, 0.05) is 17.7 Å². The van der Waals surface area contributed by atoms with Crippen molar-refractivity contribution in [1.82, 2.24) is 19.5 Å². The largest absolute Gasteiger partial charge is 0.304 e. The Kier molecular flexibility index (Phi) is 4.85. The van der Waals surface area contributed by atoms with E-state index in [0.717, 1.165) is 18.6 Å². The molecular weight excluding hydrogens is 406 g/mol. The summed E-state index contributed by atoms with van der Waals surface area (Å²) in [6.45, 7) is 10.9. The van der Waals surface area contributed by atoms with Gasteiger partial charge in [-0.1, -0.05) is 38.2 Å². The number of allylic oxidation sites excluding steroid dienone is 1. The number of thiazole rings is 1. The highest BCUT2D eigenvalue weighted by Gasteiger charge is 2.60. The summed E-state index contributed by atoms with van der Waals surface area (Å²) in [5.74, 6) is 0.283. The molecule has 2 aromatic heterocycles. The van der Waals surface area contributed by atoms with E-state index in [1.807, 2.05) is 0 Å². The van der Waals surface area contributed by atoms with Gasteiger partial charge in [0.15, 0.2) is 9.60 Å². The summed E-state index contributed by atoms with van der Waals surface area (Å²) in [5.41, 5.74) is 4.20. The smallest absolute Gasteiger partial charge is 0.273 e. The number of carbonyl (C=O) groups excluding carboxylic acids is 1. The molecule has 29 heavy (non-hydrogen) atoms. The van der Waals surface area contributed by atoms with Crippen LogP contribution in [0, 0.1) is 20.7 Å². The Balaban J connectivity index is 1.53. The second-order valence-electron chi connectivity index (χ2n) is 8.68. The lowest BCUT2D eigenvalue weighted by Crippen LogP contribution is -2.35. The first kappa shape index (κ1) is 20.2. The third-order valence-corrected chi connectivity index (χ3v) is 8.52. The average molecular weight is 432 g/mol. The first-order valence-electron chi connectivity index (χ1n) is 9.74. The summed E-state index contributed by atoms with van der Waals surface area (Å²) in [5, 5.41) is 4.46. The maximum Gasteiger partial charge on any atom is 0.273 e. The molecular formula is C20H25N5O2S2. The third kappa shape index (κ3) is 3.02. The van der Waals surface area contributed by atoms with E-state index in [1.165, 1.54) is 28.7 Å². The van der Waals surface area contributed by atoms with Crippen LogP contribution >= 0.6 is 23.6 Å². The molecule has 154 valence electrons. The summed E-state index contributed by atoms with van der Waals surface area (Å²) >= 11 is 6.52. The van der Waals surface area contributed by atoms with Gasteiger partial charge in [-0.3, -0.25) is 14.2 Å². The van der Waals surface area contributed by atoms with Crippen LogP contribution < -0.4 is 11.0 Å². The topological polar surface area (TPSA) is 81.3 Å². The van der Waals surface area contributed by atoms with E-state index in [9.17, 15) is 9.59 Å². The Hall–Kier alpha value is -2.13. The third-order valence-electron chi connectivity index (χ3n) is 7.10. The number of rotatable bonds is 5. The molecule has 0 spiro atoms. The predicted octanol–water partition coefficient (Wildman–Crippen LogP) is 3.49. The Morgan fingerprint density at radius 1 is 1.52 bits per heavy atom. The number of carbonyl (C=O) groups is 1. The van der Waals surface area contributed by atoms with Crippen LogP contribution in [0.2, 0.25) is 0 Å². The Morgan fingerprint density at radius 2 is 2.28 bits per heavy atom. The number of hydrogen-bond acceptors (Lipinski definition) is 6. The van der Waals surface area contributed by atoms with Gasteiger partial charge in [0.25, 0.3) is 11.5 Å². The monoisotopic (exact) mass is 431 g/mol. The van der Waals surface area contributed by atoms with Crippen molar-refractivity contribution in [3.05, 3.63) is 33.3 Å². The molecule has 7 nitrogen and oxygen atoms in total. The minimum absolute atomic E-state index is 0.0257. The van der Waals surface area contributed by atoms with Crippen LogP contribution in [-0.4, -0.2) is 25.7 Å². The molecule has 2 saturated carbocycles. The molecule has 1 N–H and O–H groups in total. The van der Waals surface area contributed by atoms with Crippen molar-refractivity contribution in [3.8, 4) is 0 Å².